The number of aliphatic hydroxyl groups excluding tert-OH is 2. The van der Waals surface area contributed by atoms with Gasteiger partial charge in [-0.15, -0.1) is 0 Å². The molecule has 4 atom stereocenters. The predicted octanol–water partition coefficient (Wildman–Crippen LogP) is 4.28. The van der Waals surface area contributed by atoms with Gasteiger partial charge in [0.1, 0.15) is 6.10 Å². The topological polar surface area (TPSA) is 119 Å². The molecule has 0 spiro atoms. The van der Waals surface area contributed by atoms with Crippen LogP contribution in [0.3, 0.4) is 0 Å². The van der Waals surface area contributed by atoms with Crippen molar-refractivity contribution in [3.8, 4) is 0 Å². The van der Waals surface area contributed by atoms with Crippen molar-refractivity contribution in [2.24, 2.45) is 29.6 Å². The number of aliphatic hydroxyl groups is 2. The number of carbonyl (C=O) groups excluding carboxylic acids is 3. The van der Waals surface area contributed by atoms with Crippen LogP contribution in [0.2, 0.25) is 0 Å². The summed E-state index contributed by atoms with van der Waals surface area (Å²) in [5, 5.41) is 25.8. The molecule has 1 saturated heterocycles. The fraction of sp³-hybridized carbons (Fsp3) is 0.914. The minimum Gasteiger partial charge on any atom is -0.390 e. The van der Waals surface area contributed by atoms with Gasteiger partial charge >= 0.3 is 0 Å². The van der Waals surface area contributed by atoms with Gasteiger partial charge in [-0.3, -0.25) is 14.4 Å². The third-order valence-corrected chi connectivity index (χ3v) is 10.6. The summed E-state index contributed by atoms with van der Waals surface area (Å²) in [6.45, 7) is 6.68. The Bertz CT molecular complexity index is 893. The highest BCUT2D eigenvalue weighted by Crippen LogP contribution is 2.39. The number of amides is 3. The largest absolute Gasteiger partial charge is 0.390 e. The third-order valence-electron chi connectivity index (χ3n) is 10.6. The Balaban J connectivity index is 1.52. The Morgan fingerprint density at radius 2 is 1.43 bits per heavy atom. The van der Waals surface area contributed by atoms with Crippen molar-refractivity contribution < 1.29 is 29.3 Å². The van der Waals surface area contributed by atoms with Crippen molar-refractivity contribution in [3.63, 3.8) is 0 Å². The number of nitrogens with one attached hydrogen (secondary N) is 1. The van der Waals surface area contributed by atoms with E-state index in [0.717, 1.165) is 51.4 Å². The molecular formula is C35H61N3O6. The number of hydrogen-bond acceptors (Lipinski definition) is 6. The van der Waals surface area contributed by atoms with Crippen LogP contribution in [0, 0.1) is 29.6 Å². The van der Waals surface area contributed by atoms with Crippen molar-refractivity contribution in [1.82, 2.24) is 15.1 Å². The van der Waals surface area contributed by atoms with Gasteiger partial charge in [-0.25, -0.2) is 0 Å². The second-order valence-corrected chi connectivity index (χ2v) is 14.8. The molecule has 3 amide bonds. The van der Waals surface area contributed by atoms with Crippen molar-refractivity contribution in [1.29, 1.82) is 0 Å². The fourth-order valence-electron chi connectivity index (χ4n) is 7.79. The average Bonchev–Trinajstić information content (AvgIpc) is 3.86. The summed E-state index contributed by atoms with van der Waals surface area (Å²) < 4.78 is 5.33. The molecule has 0 aromatic carbocycles. The van der Waals surface area contributed by atoms with Crippen LogP contribution in [-0.2, 0) is 19.1 Å². The highest BCUT2D eigenvalue weighted by molar-refractivity contribution is 5.88. The van der Waals surface area contributed by atoms with E-state index in [-0.39, 0.29) is 36.6 Å². The number of ether oxygens (including phenoxy) is 1. The van der Waals surface area contributed by atoms with Crippen LogP contribution in [0.1, 0.15) is 117 Å². The van der Waals surface area contributed by atoms with Crippen molar-refractivity contribution >= 4 is 17.7 Å². The van der Waals surface area contributed by atoms with Gasteiger partial charge in [-0.1, -0.05) is 78.1 Å². The lowest BCUT2D eigenvalue weighted by Crippen LogP contribution is -2.55. The van der Waals surface area contributed by atoms with Crippen LogP contribution in [-0.4, -0.2) is 95.4 Å². The maximum absolute atomic E-state index is 14.7. The highest BCUT2D eigenvalue weighted by atomic mass is 16.5. The average molecular weight is 620 g/mol. The van der Waals surface area contributed by atoms with Crippen LogP contribution in [0.5, 0.6) is 0 Å². The van der Waals surface area contributed by atoms with Crippen molar-refractivity contribution in [2.75, 3.05) is 39.4 Å². The predicted molar refractivity (Wildman–Crippen MR) is 171 cm³/mol. The van der Waals surface area contributed by atoms with E-state index in [0.29, 0.717) is 69.9 Å². The molecule has 252 valence electrons. The fourth-order valence-corrected chi connectivity index (χ4v) is 7.79. The van der Waals surface area contributed by atoms with Crippen LogP contribution >= 0.6 is 0 Å². The van der Waals surface area contributed by atoms with E-state index >= 15 is 0 Å². The molecule has 1 aliphatic heterocycles. The van der Waals surface area contributed by atoms with E-state index in [1.165, 1.54) is 25.7 Å². The second-order valence-electron chi connectivity index (χ2n) is 14.8. The molecule has 9 heteroatoms. The van der Waals surface area contributed by atoms with Gasteiger partial charge in [-0.2, -0.15) is 0 Å². The molecule has 3 aliphatic carbocycles. The van der Waals surface area contributed by atoms with E-state index < -0.39 is 24.2 Å². The summed E-state index contributed by atoms with van der Waals surface area (Å²) >= 11 is 0. The maximum Gasteiger partial charge on any atom is 0.242 e. The standard InChI is InChI=1S/C35H61N3O6/c1-25(2)19-31(39)34(42)30(21-26-9-5-3-6-10-26)38(24-28-11-7-4-8-12-28)35(43)29(20-27-13-14-27)22-32(40)36-23-33(41)37-15-17-44-18-16-37/h25-31,34,39,42H,3-24H2,1-2H3,(H,36,40)/t29-,30+,31+,34-/m1/s1. The van der Waals surface area contributed by atoms with E-state index in [9.17, 15) is 24.6 Å². The third kappa shape index (κ3) is 11.3. The van der Waals surface area contributed by atoms with E-state index in [2.05, 4.69) is 5.32 Å². The zero-order chi connectivity index (χ0) is 31.5. The lowest BCUT2D eigenvalue weighted by atomic mass is 9.80. The molecule has 3 N–H and O–H groups in total. The monoisotopic (exact) mass is 619 g/mol. The lowest BCUT2D eigenvalue weighted by molar-refractivity contribution is -0.148. The van der Waals surface area contributed by atoms with Crippen molar-refractivity contribution in [3.05, 3.63) is 0 Å². The van der Waals surface area contributed by atoms with Gasteiger partial charge in [0, 0.05) is 32.0 Å². The summed E-state index contributed by atoms with van der Waals surface area (Å²) in [5.74, 6) is 0.528. The molecule has 1 heterocycles. The molecule has 4 rings (SSSR count). The minimum atomic E-state index is -1.02. The number of carbonyl (C=O) groups is 3. The first-order valence-electron chi connectivity index (χ1n) is 18.0. The van der Waals surface area contributed by atoms with Gasteiger partial charge in [0.15, 0.2) is 0 Å². The Hall–Kier alpha value is -1.71. The van der Waals surface area contributed by atoms with Crippen LogP contribution in [0.15, 0.2) is 0 Å². The van der Waals surface area contributed by atoms with E-state index in [4.69, 9.17) is 4.74 Å². The number of nitrogens with zero attached hydrogens (tertiary/aromatic N) is 2. The first-order chi connectivity index (χ1) is 21.2. The Labute approximate surface area is 265 Å². The number of hydrogen-bond donors (Lipinski definition) is 3. The summed E-state index contributed by atoms with van der Waals surface area (Å²) in [6.07, 6.45) is 13.6. The first-order valence-corrected chi connectivity index (χ1v) is 18.0. The lowest BCUT2D eigenvalue weighted by Gasteiger charge is -2.43. The Morgan fingerprint density at radius 1 is 0.841 bits per heavy atom. The quantitative estimate of drug-likeness (QED) is 0.237. The van der Waals surface area contributed by atoms with Gasteiger partial charge in [-0.05, 0) is 55.8 Å². The molecule has 0 radical (unpaired) electrons. The summed E-state index contributed by atoms with van der Waals surface area (Å²) in [7, 11) is 0. The SMILES string of the molecule is CC(C)C[C@H](O)[C@H](O)[C@H](CC1CCCCC1)N(CC1CCCCC1)C(=O)[C@@H](CC(=O)NCC(=O)N1CCOCC1)CC1CC1. The van der Waals surface area contributed by atoms with Crippen molar-refractivity contribution in [2.45, 2.75) is 135 Å². The van der Waals surface area contributed by atoms with E-state index in [1.54, 1.807) is 4.90 Å². The molecule has 0 unspecified atom stereocenters. The maximum atomic E-state index is 14.7. The number of rotatable bonds is 16. The van der Waals surface area contributed by atoms with Crippen LogP contribution < -0.4 is 5.32 Å². The Kier molecular flexibility index (Phi) is 14.3. The summed E-state index contributed by atoms with van der Waals surface area (Å²) in [5.41, 5.74) is 0. The molecule has 0 aromatic rings. The normalized spacial score (nSPS) is 23.2. The van der Waals surface area contributed by atoms with Gasteiger partial charge in [0.2, 0.25) is 17.7 Å². The first kappa shape index (κ1) is 35.1. The molecular weight excluding hydrogens is 558 g/mol. The smallest absolute Gasteiger partial charge is 0.242 e. The molecule has 44 heavy (non-hydrogen) atoms. The summed E-state index contributed by atoms with van der Waals surface area (Å²) in [6, 6.07) is -0.464. The molecule has 0 aromatic heterocycles. The molecule has 4 fully saturated rings. The van der Waals surface area contributed by atoms with Crippen LogP contribution in [0.25, 0.3) is 0 Å². The molecule has 0 bridgehead atoms. The highest BCUT2D eigenvalue weighted by Gasteiger charge is 2.41. The molecule has 9 nitrogen and oxygen atoms in total. The van der Waals surface area contributed by atoms with Crippen LogP contribution in [0.4, 0.5) is 0 Å². The van der Waals surface area contributed by atoms with Gasteiger partial charge < -0.3 is 30.1 Å². The number of morpholine rings is 1. The molecule has 3 saturated carbocycles. The summed E-state index contributed by atoms with van der Waals surface area (Å²) in [4.78, 5) is 44.3. The van der Waals surface area contributed by atoms with Gasteiger partial charge in [0.05, 0.1) is 31.9 Å². The zero-order valence-corrected chi connectivity index (χ0v) is 27.6. The molecule has 4 aliphatic rings. The van der Waals surface area contributed by atoms with E-state index in [1.807, 2.05) is 18.7 Å². The zero-order valence-electron chi connectivity index (χ0n) is 27.6. The Morgan fingerprint density at radius 3 is 2.02 bits per heavy atom. The second kappa shape index (κ2) is 17.8. The van der Waals surface area contributed by atoms with Gasteiger partial charge in [0.25, 0.3) is 0 Å². The minimum absolute atomic E-state index is 0.0475.